The van der Waals surface area contributed by atoms with Crippen molar-refractivity contribution in [3.05, 3.63) is 72.1 Å². The highest BCUT2D eigenvalue weighted by Gasteiger charge is 2.29. The molecule has 3 heterocycles. The minimum atomic E-state index is -0.310. The number of hydrogen-bond acceptors (Lipinski definition) is 3. The molecule has 1 aromatic carbocycles. The maximum absolute atomic E-state index is 13.4. The molecule has 4 rings (SSSR count). The van der Waals surface area contributed by atoms with E-state index < -0.39 is 0 Å². The van der Waals surface area contributed by atoms with Gasteiger partial charge in [-0.15, -0.1) is 0 Å². The third-order valence-electron chi connectivity index (χ3n) is 5.03. The van der Waals surface area contributed by atoms with Crippen LogP contribution in [-0.2, 0) is 11.2 Å². The maximum Gasteiger partial charge on any atom is 0.227 e. The van der Waals surface area contributed by atoms with Crippen molar-refractivity contribution >= 4 is 5.91 Å². The molecule has 138 valence electrons. The largest absolute Gasteiger partial charge is 0.340 e. The third-order valence-corrected chi connectivity index (χ3v) is 5.03. The van der Waals surface area contributed by atoms with E-state index in [0.29, 0.717) is 18.7 Å². The number of aryl methyl sites for hydroxylation is 1. The third kappa shape index (κ3) is 3.60. The molecule has 0 N–H and O–H groups in total. The lowest BCUT2D eigenvalue weighted by atomic mass is 10.1. The molecule has 1 amide bonds. The lowest BCUT2D eigenvalue weighted by molar-refractivity contribution is -0.129. The van der Waals surface area contributed by atoms with Gasteiger partial charge >= 0.3 is 0 Å². The Kier molecular flexibility index (Phi) is 4.71. The minimum Gasteiger partial charge on any atom is -0.340 e. The van der Waals surface area contributed by atoms with E-state index in [1.807, 2.05) is 30.2 Å². The van der Waals surface area contributed by atoms with E-state index in [9.17, 15) is 9.18 Å². The molecular formula is C21H21FN4O. The van der Waals surface area contributed by atoms with Crippen molar-refractivity contribution in [2.75, 3.05) is 13.1 Å². The summed E-state index contributed by atoms with van der Waals surface area (Å²) in [5.41, 5.74) is 2.74. The number of pyridine rings is 1. The van der Waals surface area contributed by atoms with Gasteiger partial charge in [-0.3, -0.25) is 9.78 Å². The molecule has 0 aliphatic carbocycles. The molecule has 27 heavy (non-hydrogen) atoms. The van der Waals surface area contributed by atoms with Crippen LogP contribution >= 0.6 is 0 Å². The number of nitrogens with zero attached hydrogens (tertiary/aromatic N) is 4. The van der Waals surface area contributed by atoms with Gasteiger partial charge in [-0.05, 0) is 43.2 Å². The van der Waals surface area contributed by atoms with Crippen molar-refractivity contribution in [2.24, 2.45) is 0 Å². The van der Waals surface area contributed by atoms with Gasteiger partial charge in [-0.2, -0.15) is 0 Å². The van der Waals surface area contributed by atoms with Crippen molar-refractivity contribution in [3.63, 3.8) is 0 Å². The summed E-state index contributed by atoms with van der Waals surface area (Å²) in [6, 6.07) is 10.3. The van der Waals surface area contributed by atoms with Crippen LogP contribution in [0, 0.1) is 12.7 Å². The van der Waals surface area contributed by atoms with Crippen LogP contribution in [0.2, 0.25) is 0 Å². The van der Waals surface area contributed by atoms with Gasteiger partial charge in [-0.25, -0.2) is 9.37 Å². The van der Waals surface area contributed by atoms with Gasteiger partial charge in [0.25, 0.3) is 0 Å². The van der Waals surface area contributed by atoms with E-state index in [4.69, 9.17) is 0 Å². The quantitative estimate of drug-likeness (QED) is 0.713. The Morgan fingerprint density at radius 1 is 1.26 bits per heavy atom. The van der Waals surface area contributed by atoms with Crippen molar-refractivity contribution < 1.29 is 9.18 Å². The average molecular weight is 364 g/mol. The van der Waals surface area contributed by atoms with Crippen molar-refractivity contribution in [1.82, 2.24) is 19.4 Å². The summed E-state index contributed by atoms with van der Waals surface area (Å²) < 4.78 is 15.6. The minimum absolute atomic E-state index is 0.0313. The number of amides is 1. The summed E-state index contributed by atoms with van der Waals surface area (Å²) in [5, 5.41) is 0. The number of carbonyl (C=O) groups is 1. The molecule has 1 unspecified atom stereocenters. The van der Waals surface area contributed by atoms with Crippen LogP contribution < -0.4 is 0 Å². The van der Waals surface area contributed by atoms with Crippen LogP contribution in [-0.4, -0.2) is 38.4 Å². The fraction of sp³-hybridized carbons (Fsp3) is 0.286. The first-order valence-electron chi connectivity index (χ1n) is 9.08. The molecule has 2 aromatic heterocycles. The number of rotatable bonds is 4. The van der Waals surface area contributed by atoms with Crippen LogP contribution in [0.15, 0.2) is 55.0 Å². The molecule has 1 atom stereocenters. The van der Waals surface area contributed by atoms with Crippen LogP contribution in [0.1, 0.15) is 23.7 Å². The lowest BCUT2D eigenvalue weighted by Crippen LogP contribution is -2.30. The highest BCUT2D eigenvalue weighted by molar-refractivity contribution is 5.79. The second-order valence-electron chi connectivity index (χ2n) is 6.92. The number of imidazole rings is 1. The fourth-order valence-electron chi connectivity index (χ4n) is 3.73. The SMILES string of the molecule is Cc1cnc(-c2cccnc2)n1C1CCN(C(=O)Cc2cccc(F)c2)C1. The van der Waals surface area contributed by atoms with Gasteiger partial charge in [0.05, 0.1) is 12.5 Å². The number of halogens is 1. The molecule has 1 fully saturated rings. The van der Waals surface area contributed by atoms with Crippen LogP contribution in [0.25, 0.3) is 11.4 Å². The predicted octanol–water partition coefficient (Wildman–Crippen LogP) is 3.41. The Hall–Kier alpha value is -3.02. The summed E-state index contributed by atoms with van der Waals surface area (Å²) in [6.07, 6.45) is 6.51. The monoisotopic (exact) mass is 364 g/mol. The van der Waals surface area contributed by atoms with Crippen LogP contribution in [0.4, 0.5) is 4.39 Å². The number of likely N-dealkylation sites (tertiary alicyclic amines) is 1. The summed E-state index contributed by atoms with van der Waals surface area (Å²) in [6.45, 7) is 3.37. The number of carbonyl (C=O) groups excluding carboxylic acids is 1. The van der Waals surface area contributed by atoms with E-state index in [0.717, 1.165) is 23.5 Å². The summed E-state index contributed by atoms with van der Waals surface area (Å²) in [5.74, 6) is 0.601. The van der Waals surface area contributed by atoms with Gasteiger partial charge in [0.1, 0.15) is 11.6 Å². The Morgan fingerprint density at radius 3 is 2.93 bits per heavy atom. The molecule has 5 nitrogen and oxygen atoms in total. The number of hydrogen-bond donors (Lipinski definition) is 0. The molecule has 1 aliphatic rings. The Labute approximate surface area is 157 Å². The van der Waals surface area contributed by atoms with E-state index in [-0.39, 0.29) is 24.2 Å². The Morgan fingerprint density at radius 2 is 2.15 bits per heavy atom. The van der Waals surface area contributed by atoms with Crippen LogP contribution in [0.5, 0.6) is 0 Å². The number of aromatic nitrogens is 3. The fourth-order valence-corrected chi connectivity index (χ4v) is 3.73. The lowest BCUT2D eigenvalue weighted by Gasteiger charge is -2.20. The van der Waals surface area contributed by atoms with Gasteiger partial charge in [0.2, 0.25) is 5.91 Å². The first kappa shape index (κ1) is 17.4. The van der Waals surface area contributed by atoms with Crippen molar-refractivity contribution in [2.45, 2.75) is 25.8 Å². The van der Waals surface area contributed by atoms with Gasteiger partial charge in [0, 0.05) is 42.9 Å². The summed E-state index contributed by atoms with van der Waals surface area (Å²) >= 11 is 0. The van der Waals surface area contributed by atoms with Gasteiger partial charge in [-0.1, -0.05) is 12.1 Å². The van der Waals surface area contributed by atoms with Gasteiger partial charge < -0.3 is 9.47 Å². The molecule has 3 aromatic rings. The van der Waals surface area contributed by atoms with E-state index in [1.165, 1.54) is 12.1 Å². The topological polar surface area (TPSA) is 51.0 Å². The molecule has 1 aliphatic heterocycles. The van der Waals surface area contributed by atoms with E-state index in [1.54, 1.807) is 24.5 Å². The summed E-state index contributed by atoms with van der Waals surface area (Å²) in [4.78, 5) is 23.3. The summed E-state index contributed by atoms with van der Waals surface area (Å²) in [7, 11) is 0. The van der Waals surface area contributed by atoms with Crippen molar-refractivity contribution in [3.8, 4) is 11.4 Å². The molecular weight excluding hydrogens is 343 g/mol. The normalized spacial score (nSPS) is 16.7. The predicted molar refractivity (Wildman–Crippen MR) is 101 cm³/mol. The zero-order chi connectivity index (χ0) is 18.8. The number of benzene rings is 1. The second kappa shape index (κ2) is 7.31. The van der Waals surface area contributed by atoms with E-state index >= 15 is 0 Å². The molecule has 1 saturated heterocycles. The highest BCUT2D eigenvalue weighted by Crippen LogP contribution is 2.29. The first-order valence-corrected chi connectivity index (χ1v) is 9.08. The standard InChI is InChI=1S/C21H21FN4O/c1-15-12-24-21(17-5-3-8-23-13-17)26(15)19-7-9-25(14-19)20(27)11-16-4-2-6-18(22)10-16/h2-6,8,10,12-13,19H,7,9,11,14H2,1H3. The van der Waals surface area contributed by atoms with E-state index in [2.05, 4.69) is 14.5 Å². The molecule has 0 saturated carbocycles. The second-order valence-corrected chi connectivity index (χ2v) is 6.92. The Balaban J connectivity index is 1.50. The molecule has 0 spiro atoms. The zero-order valence-corrected chi connectivity index (χ0v) is 15.2. The van der Waals surface area contributed by atoms with Crippen molar-refractivity contribution in [1.29, 1.82) is 0 Å². The first-order chi connectivity index (χ1) is 13.1. The van der Waals surface area contributed by atoms with Gasteiger partial charge in [0.15, 0.2) is 0 Å². The average Bonchev–Trinajstić information content (AvgIpc) is 3.29. The maximum atomic E-state index is 13.4. The highest BCUT2D eigenvalue weighted by atomic mass is 19.1. The van der Waals surface area contributed by atoms with Crippen LogP contribution in [0.3, 0.4) is 0 Å². The molecule has 0 bridgehead atoms. The molecule has 0 radical (unpaired) electrons. The zero-order valence-electron chi connectivity index (χ0n) is 15.2. The smallest absolute Gasteiger partial charge is 0.227 e. The Bertz CT molecular complexity index is 954. The molecule has 6 heteroatoms.